The third kappa shape index (κ3) is 41.9. The summed E-state index contributed by atoms with van der Waals surface area (Å²) in [5.74, 6) is -3.10. The van der Waals surface area contributed by atoms with E-state index in [1.54, 1.807) is 0 Å². The molecule has 0 aromatic rings. The highest BCUT2D eigenvalue weighted by Gasteiger charge is 2.50. The first-order valence-electron chi connectivity index (χ1n) is 31.3. The molecule has 0 radical (unpaired) electrons. The molecule has 438 valence electrons. The van der Waals surface area contributed by atoms with Crippen LogP contribution in [-0.2, 0) is 42.9 Å². The van der Waals surface area contributed by atoms with Crippen LogP contribution in [0.5, 0.6) is 0 Å². The minimum absolute atomic E-state index is 0.0667. The average Bonchev–Trinajstić information content (AvgIpc) is 3.39. The summed E-state index contributed by atoms with van der Waals surface area (Å²) in [4.78, 5) is 51.2. The fourth-order valence-corrected chi connectivity index (χ4v) is 9.70. The lowest BCUT2D eigenvalue weighted by Gasteiger charge is -2.40. The number of allylic oxidation sites excluding steroid dienone is 4. The molecule has 12 heteroatoms. The molecule has 0 aromatic heterocycles. The molecule has 6 unspecified atom stereocenters. The largest absolute Gasteiger partial charge is 0.479 e. The molecular formula is C63H114O12. The molecular weight excluding hydrogens is 949 g/mol. The number of unbranched alkanes of at least 4 members (excludes halogenated alkanes) is 36. The summed E-state index contributed by atoms with van der Waals surface area (Å²) >= 11 is 0. The van der Waals surface area contributed by atoms with Crippen LogP contribution in [0.25, 0.3) is 0 Å². The third-order valence-electron chi connectivity index (χ3n) is 14.5. The molecule has 0 saturated carbocycles. The first-order valence-corrected chi connectivity index (χ1v) is 31.3. The molecule has 6 atom stereocenters. The molecule has 0 amide bonds. The van der Waals surface area contributed by atoms with Crippen LogP contribution in [0.3, 0.4) is 0 Å². The van der Waals surface area contributed by atoms with Crippen molar-refractivity contribution in [2.45, 2.75) is 340 Å². The highest BCUT2D eigenvalue weighted by molar-refractivity contribution is 5.74. The molecule has 1 aliphatic heterocycles. The molecule has 0 aromatic carbocycles. The summed E-state index contributed by atoms with van der Waals surface area (Å²) in [7, 11) is 0. The van der Waals surface area contributed by atoms with E-state index < -0.39 is 67.3 Å². The molecule has 1 heterocycles. The van der Waals surface area contributed by atoms with Crippen molar-refractivity contribution in [3.63, 3.8) is 0 Å². The standard InChI is InChI=1S/C63H114O12/c1-4-7-10-13-16-19-22-25-26-27-28-29-30-33-36-39-42-45-48-51-57(66)74-61-59(68)58(67)60(62(69)70)75-63(61)72-53-54(73-56(65)50-47-44-41-38-35-32-24-21-18-15-12-9-6-3)52-71-55(64)49-46-43-40-37-34-31-23-20-17-14-11-8-5-2/h11,14,20,23,54,58-61,63,67-68H,4-10,12-13,15-19,21-22,24-53H2,1-3H3,(H,69,70)/b14-11-,23-20-. The predicted molar refractivity (Wildman–Crippen MR) is 303 cm³/mol. The van der Waals surface area contributed by atoms with Crippen LogP contribution >= 0.6 is 0 Å². The van der Waals surface area contributed by atoms with Crippen molar-refractivity contribution in [1.29, 1.82) is 0 Å². The number of carboxylic acid groups (broad SMARTS) is 1. The van der Waals surface area contributed by atoms with Gasteiger partial charge in [0.15, 0.2) is 24.6 Å². The van der Waals surface area contributed by atoms with Gasteiger partial charge in [-0.1, -0.05) is 263 Å². The Balaban J connectivity index is 2.63. The molecule has 1 fully saturated rings. The van der Waals surface area contributed by atoms with E-state index in [1.165, 1.54) is 154 Å². The second-order valence-corrected chi connectivity index (χ2v) is 21.7. The fraction of sp³-hybridized carbons (Fsp3) is 0.873. The zero-order valence-electron chi connectivity index (χ0n) is 48.3. The molecule has 75 heavy (non-hydrogen) atoms. The van der Waals surface area contributed by atoms with E-state index in [2.05, 4.69) is 45.1 Å². The molecule has 0 bridgehead atoms. The van der Waals surface area contributed by atoms with Crippen LogP contribution in [0.4, 0.5) is 0 Å². The van der Waals surface area contributed by atoms with E-state index >= 15 is 0 Å². The summed E-state index contributed by atoms with van der Waals surface area (Å²) in [6, 6.07) is 0. The summed E-state index contributed by atoms with van der Waals surface area (Å²) < 4.78 is 28.5. The maximum absolute atomic E-state index is 13.1. The van der Waals surface area contributed by atoms with Crippen molar-refractivity contribution in [2.24, 2.45) is 0 Å². The number of ether oxygens (including phenoxy) is 5. The number of aliphatic hydroxyl groups is 2. The highest BCUT2D eigenvalue weighted by atomic mass is 16.7. The van der Waals surface area contributed by atoms with Crippen LogP contribution in [0.1, 0.15) is 303 Å². The van der Waals surface area contributed by atoms with Gasteiger partial charge in [0.25, 0.3) is 0 Å². The van der Waals surface area contributed by atoms with Gasteiger partial charge in [-0.2, -0.15) is 0 Å². The zero-order chi connectivity index (χ0) is 54.7. The van der Waals surface area contributed by atoms with Gasteiger partial charge in [0.05, 0.1) is 6.61 Å². The van der Waals surface area contributed by atoms with Crippen molar-refractivity contribution in [3.05, 3.63) is 24.3 Å². The molecule has 0 aliphatic carbocycles. The molecule has 3 N–H and O–H groups in total. The van der Waals surface area contributed by atoms with Crippen LogP contribution in [0.2, 0.25) is 0 Å². The number of hydrogen-bond donors (Lipinski definition) is 3. The van der Waals surface area contributed by atoms with E-state index in [4.69, 9.17) is 23.7 Å². The maximum atomic E-state index is 13.1. The Kier molecular flexibility index (Phi) is 48.6. The van der Waals surface area contributed by atoms with Crippen LogP contribution < -0.4 is 0 Å². The second kappa shape index (κ2) is 51.9. The summed E-state index contributed by atoms with van der Waals surface area (Å²) in [6.07, 6.45) is 47.2. The first kappa shape index (κ1) is 70.2. The minimum Gasteiger partial charge on any atom is -0.479 e. The zero-order valence-corrected chi connectivity index (χ0v) is 48.3. The first-order chi connectivity index (χ1) is 36.6. The predicted octanol–water partition coefficient (Wildman–Crippen LogP) is 16.2. The normalized spacial score (nSPS) is 18.2. The molecule has 1 aliphatic rings. The van der Waals surface area contributed by atoms with Crippen LogP contribution in [0, 0.1) is 0 Å². The fourth-order valence-electron chi connectivity index (χ4n) is 9.70. The number of rotatable bonds is 54. The van der Waals surface area contributed by atoms with Crippen molar-refractivity contribution in [3.8, 4) is 0 Å². The monoisotopic (exact) mass is 1060 g/mol. The van der Waals surface area contributed by atoms with Gasteiger partial charge >= 0.3 is 23.9 Å². The summed E-state index contributed by atoms with van der Waals surface area (Å²) in [6.45, 7) is 5.96. The van der Waals surface area contributed by atoms with Crippen molar-refractivity contribution in [1.82, 2.24) is 0 Å². The van der Waals surface area contributed by atoms with Gasteiger partial charge < -0.3 is 39.0 Å². The number of aliphatic carboxylic acids is 1. The maximum Gasteiger partial charge on any atom is 0.335 e. The van der Waals surface area contributed by atoms with Crippen molar-refractivity contribution >= 4 is 23.9 Å². The minimum atomic E-state index is -1.90. The van der Waals surface area contributed by atoms with E-state index in [0.717, 1.165) is 89.9 Å². The number of hydrogen-bond acceptors (Lipinski definition) is 11. The highest BCUT2D eigenvalue weighted by Crippen LogP contribution is 2.27. The number of carbonyl (C=O) groups is 4. The van der Waals surface area contributed by atoms with Gasteiger partial charge in [-0.3, -0.25) is 14.4 Å². The van der Waals surface area contributed by atoms with Crippen LogP contribution in [0.15, 0.2) is 24.3 Å². The lowest BCUT2D eigenvalue weighted by Crippen LogP contribution is -2.61. The van der Waals surface area contributed by atoms with Gasteiger partial charge in [0.2, 0.25) is 0 Å². The van der Waals surface area contributed by atoms with Crippen molar-refractivity contribution in [2.75, 3.05) is 13.2 Å². The number of esters is 3. The van der Waals surface area contributed by atoms with Crippen molar-refractivity contribution < 1.29 is 58.2 Å². The Morgan fingerprint density at radius 2 is 0.827 bits per heavy atom. The van der Waals surface area contributed by atoms with Gasteiger partial charge in [-0.25, -0.2) is 4.79 Å². The Labute approximate surface area is 458 Å². The third-order valence-corrected chi connectivity index (χ3v) is 14.5. The lowest BCUT2D eigenvalue weighted by atomic mass is 9.98. The number of carboxylic acids is 1. The van der Waals surface area contributed by atoms with E-state index in [9.17, 15) is 34.5 Å². The van der Waals surface area contributed by atoms with E-state index in [0.29, 0.717) is 19.3 Å². The Hall–Kier alpha value is -2.80. The van der Waals surface area contributed by atoms with Gasteiger partial charge in [-0.05, 0) is 44.9 Å². The van der Waals surface area contributed by atoms with Gasteiger partial charge in [-0.15, -0.1) is 0 Å². The molecule has 0 spiro atoms. The molecule has 12 nitrogen and oxygen atoms in total. The second-order valence-electron chi connectivity index (χ2n) is 21.7. The van der Waals surface area contributed by atoms with Gasteiger partial charge in [0.1, 0.15) is 18.8 Å². The smallest absolute Gasteiger partial charge is 0.335 e. The Morgan fingerprint density at radius 3 is 1.25 bits per heavy atom. The molecule has 1 saturated heterocycles. The SMILES string of the molecule is CCC/C=C\C/C=C\CCCCCCCC(=O)OCC(COC1OC(C(=O)O)C(O)C(O)C1OC(=O)CCCCCCCCCCCCCCCCCCCCC)OC(=O)CCCCCCCCCCCCCCC. The number of aliphatic hydroxyl groups excluding tert-OH is 2. The quantitative estimate of drug-likeness (QED) is 0.0228. The summed E-state index contributed by atoms with van der Waals surface area (Å²) in [5, 5.41) is 31.5. The number of carbonyl (C=O) groups excluding carboxylic acids is 3. The summed E-state index contributed by atoms with van der Waals surface area (Å²) in [5.41, 5.74) is 0. The lowest BCUT2D eigenvalue weighted by molar-refractivity contribution is -0.301. The van der Waals surface area contributed by atoms with Gasteiger partial charge in [0, 0.05) is 19.3 Å². The van der Waals surface area contributed by atoms with E-state index in [1.807, 2.05) is 0 Å². The Morgan fingerprint density at radius 1 is 0.440 bits per heavy atom. The Bertz CT molecular complexity index is 1400. The van der Waals surface area contributed by atoms with Crippen LogP contribution in [-0.4, -0.2) is 89.2 Å². The molecule has 1 rings (SSSR count). The average molecular weight is 1060 g/mol. The topological polar surface area (TPSA) is 175 Å². The van der Waals surface area contributed by atoms with E-state index in [-0.39, 0.29) is 25.9 Å².